The van der Waals surface area contributed by atoms with Crippen LogP contribution in [0.25, 0.3) is 0 Å². The number of aldehydes is 1. The summed E-state index contributed by atoms with van der Waals surface area (Å²) in [6, 6.07) is -2.80. The molecule has 168 valence electrons. The van der Waals surface area contributed by atoms with Gasteiger partial charge in [-0.15, -0.1) is 0 Å². The molecule has 1 aliphatic heterocycles. The highest BCUT2D eigenvalue weighted by Crippen LogP contribution is 2.18. The lowest BCUT2D eigenvalue weighted by Gasteiger charge is -2.26. The fraction of sp³-hybridized carbons (Fsp3) is 0.684. The average Bonchev–Trinajstić information content (AvgIpc) is 3.18. The average molecular weight is 426 g/mol. The lowest BCUT2D eigenvalue weighted by atomic mass is 9.98. The van der Waals surface area contributed by atoms with Crippen LogP contribution in [-0.2, 0) is 28.8 Å². The minimum Gasteiger partial charge on any atom is -0.481 e. The number of amides is 4. The van der Waals surface area contributed by atoms with Gasteiger partial charge in [-0.3, -0.25) is 24.0 Å². The predicted molar refractivity (Wildman–Crippen MR) is 105 cm³/mol. The smallest absolute Gasteiger partial charge is 0.305 e. The molecule has 1 aliphatic rings. The van der Waals surface area contributed by atoms with Crippen molar-refractivity contribution in [3.63, 3.8) is 0 Å². The third kappa shape index (κ3) is 7.45. The fourth-order valence-electron chi connectivity index (χ4n) is 3.23. The Bertz CT molecular complexity index is 682. The van der Waals surface area contributed by atoms with Crippen LogP contribution in [0.2, 0.25) is 0 Å². The molecule has 0 radical (unpaired) electrons. The molecule has 0 aromatic rings. The molecule has 0 spiro atoms. The van der Waals surface area contributed by atoms with Gasteiger partial charge >= 0.3 is 5.97 Å². The second-order valence-electron chi connectivity index (χ2n) is 7.38. The molecule has 11 nitrogen and oxygen atoms in total. The number of carbonyl (C=O) groups is 6. The van der Waals surface area contributed by atoms with Crippen molar-refractivity contribution >= 4 is 35.9 Å². The van der Waals surface area contributed by atoms with E-state index in [9.17, 15) is 28.8 Å². The van der Waals surface area contributed by atoms with Crippen molar-refractivity contribution in [1.82, 2.24) is 20.9 Å². The van der Waals surface area contributed by atoms with E-state index in [0.29, 0.717) is 32.1 Å². The highest BCUT2D eigenvalue weighted by molar-refractivity contribution is 5.93. The van der Waals surface area contributed by atoms with E-state index in [2.05, 4.69) is 16.0 Å². The first-order valence-electron chi connectivity index (χ1n) is 9.92. The summed E-state index contributed by atoms with van der Waals surface area (Å²) < 4.78 is 0. The van der Waals surface area contributed by atoms with Gasteiger partial charge in [0.25, 0.3) is 0 Å². The minimum absolute atomic E-state index is 0.135. The third-order valence-electron chi connectivity index (χ3n) is 5.03. The topological polar surface area (TPSA) is 162 Å². The second-order valence-corrected chi connectivity index (χ2v) is 7.38. The third-order valence-corrected chi connectivity index (χ3v) is 5.03. The molecule has 30 heavy (non-hydrogen) atoms. The van der Waals surface area contributed by atoms with Crippen LogP contribution in [0.1, 0.15) is 46.5 Å². The molecule has 0 saturated carbocycles. The number of carbonyl (C=O) groups excluding carboxylic acids is 5. The van der Waals surface area contributed by atoms with E-state index in [1.54, 1.807) is 0 Å². The van der Waals surface area contributed by atoms with Gasteiger partial charge in [-0.05, 0) is 18.8 Å². The number of hydrogen-bond acceptors (Lipinski definition) is 6. The Morgan fingerprint density at radius 1 is 1.20 bits per heavy atom. The second kappa shape index (κ2) is 11.9. The van der Waals surface area contributed by atoms with Gasteiger partial charge < -0.3 is 30.8 Å². The highest BCUT2D eigenvalue weighted by atomic mass is 16.4. The molecule has 11 heteroatoms. The van der Waals surface area contributed by atoms with Crippen molar-refractivity contribution in [2.75, 3.05) is 13.1 Å². The van der Waals surface area contributed by atoms with E-state index in [0.717, 1.165) is 0 Å². The molecule has 0 unspecified atom stereocenters. The molecule has 0 aliphatic carbocycles. The van der Waals surface area contributed by atoms with Crippen molar-refractivity contribution in [1.29, 1.82) is 0 Å². The van der Waals surface area contributed by atoms with Crippen molar-refractivity contribution in [3.05, 3.63) is 0 Å². The van der Waals surface area contributed by atoms with E-state index < -0.39 is 48.2 Å². The Labute approximate surface area is 174 Å². The zero-order chi connectivity index (χ0) is 22.8. The van der Waals surface area contributed by atoms with Crippen LogP contribution in [0.4, 0.5) is 0 Å². The van der Waals surface area contributed by atoms with Crippen LogP contribution in [0.5, 0.6) is 0 Å². The number of likely N-dealkylation sites (tertiary alicyclic amines) is 1. The van der Waals surface area contributed by atoms with Crippen LogP contribution in [0, 0.1) is 5.92 Å². The van der Waals surface area contributed by atoms with Crippen molar-refractivity contribution in [2.24, 2.45) is 5.92 Å². The van der Waals surface area contributed by atoms with E-state index in [4.69, 9.17) is 5.11 Å². The summed E-state index contributed by atoms with van der Waals surface area (Å²) in [6.45, 7) is 4.95. The van der Waals surface area contributed by atoms with Gasteiger partial charge in [0, 0.05) is 13.5 Å². The van der Waals surface area contributed by atoms with Gasteiger partial charge in [-0.1, -0.05) is 20.3 Å². The Kier molecular flexibility index (Phi) is 9.93. The van der Waals surface area contributed by atoms with Crippen molar-refractivity contribution < 1.29 is 33.9 Å². The maximum atomic E-state index is 12.6. The van der Waals surface area contributed by atoms with E-state index in [-0.39, 0.29) is 18.4 Å². The van der Waals surface area contributed by atoms with Crippen molar-refractivity contribution in [2.45, 2.75) is 64.6 Å². The van der Waals surface area contributed by atoms with Crippen LogP contribution < -0.4 is 16.0 Å². The molecular formula is C19H30N4O7. The van der Waals surface area contributed by atoms with Gasteiger partial charge in [0.05, 0.1) is 19.0 Å². The van der Waals surface area contributed by atoms with Crippen LogP contribution in [0.15, 0.2) is 0 Å². The predicted octanol–water partition coefficient (Wildman–Crippen LogP) is -1.20. The molecule has 4 amide bonds. The molecule has 1 heterocycles. The number of carboxylic acid groups (broad SMARTS) is 1. The van der Waals surface area contributed by atoms with Crippen LogP contribution in [-0.4, -0.2) is 77.1 Å². The summed E-state index contributed by atoms with van der Waals surface area (Å²) in [5.74, 6) is -3.30. The number of carboxylic acids is 1. The summed E-state index contributed by atoms with van der Waals surface area (Å²) in [5, 5.41) is 16.2. The van der Waals surface area contributed by atoms with E-state index >= 15 is 0 Å². The lowest BCUT2D eigenvalue weighted by Crippen LogP contribution is -2.54. The Morgan fingerprint density at radius 3 is 2.40 bits per heavy atom. The molecule has 0 aromatic heterocycles. The Morgan fingerprint density at radius 2 is 1.87 bits per heavy atom. The largest absolute Gasteiger partial charge is 0.481 e. The molecular weight excluding hydrogens is 396 g/mol. The van der Waals surface area contributed by atoms with Gasteiger partial charge in [0.1, 0.15) is 18.4 Å². The van der Waals surface area contributed by atoms with Gasteiger partial charge in [-0.2, -0.15) is 0 Å². The summed E-state index contributed by atoms with van der Waals surface area (Å²) >= 11 is 0. The molecule has 1 fully saturated rings. The standard InChI is InChI=1S/C19H30N4O7/c1-4-11(2)17(21-12(3)25)19(30)20-9-15(26)23-7-5-6-14(23)18(29)22-13(10-24)8-16(27)28/h10-11,13-14,17H,4-9H2,1-3H3,(H,20,30)(H,21,25)(H,22,29)(H,27,28)/t11-,13-,14-,17-/m0/s1. The Balaban J connectivity index is 2.69. The molecule has 1 saturated heterocycles. The van der Waals surface area contributed by atoms with Crippen LogP contribution >= 0.6 is 0 Å². The zero-order valence-corrected chi connectivity index (χ0v) is 17.5. The number of nitrogens with zero attached hydrogens (tertiary/aromatic N) is 1. The monoisotopic (exact) mass is 426 g/mol. The number of nitrogens with one attached hydrogen (secondary N) is 3. The fourth-order valence-corrected chi connectivity index (χ4v) is 3.23. The number of rotatable bonds is 11. The number of hydrogen-bond donors (Lipinski definition) is 4. The maximum absolute atomic E-state index is 12.6. The van der Waals surface area contributed by atoms with Gasteiger partial charge in [-0.25, -0.2) is 0 Å². The van der Waals surface area contributed by atoms with Crippen molar-refractivity contribution in [3.8, 4) is 0 Å². The lowest BCUT2D eigenvalue weighted by molar-refractivity contribution is -0.141. The van der Waals surface area contributed by atoms with Gasteiger partial charge in [0.15, 0.2) is 0 Å². The molecule has 0 aromatic carbocycles. The molecule has 0 bridgehead atoms. The summed E-state index contributed by atoms with van der Waals surface area (Å²) in [5.41, 5.74) is 0. The normalized spacial score (nSPS) is 18.6. The van der Waals surface area contributed by atoms with E-state index in [1.165, 1.54) is 11.8 Å². The first-order chi connectivity index (χ1) is 14.1. The minimum atomic E-state index is -1.23. The van der Waals surface area contributed by atoms with Gasteiger partial charge in [0.2, 0.25) is 23.6 Å². The maximum Gasteiger partial charge on any atom is 0.305 e. The molecule has 4 N–H and O–H groups in total. The van der Waals surface area contributed by atoms with E-state index in [1.807, 2.05) is 13.8 Å². The zero-order valence-electron chi connectivity index (χ0n) is 17.5. The van der Waals surface area contributed by atoms with Crippen LogP contribution in [0.3, 0.4) is 0 Å². The summed E-state index contributed by atoms with van der Waals surface area (Å²) in [4.78, 5) is 71.8. The first-order valence-corrected chi connectivity index (χ1v) is 9.92. The Hall–Kier alpha value is -2.98. The summed E-state index contributed by atoms with van der Waals surface area (Å²) in [6.07, 6.45) is 1.36. The quantitative estimate of drug-likeness (QED) is 0.302. The molecule has 4 atom stereocenters. The molecule has 1 rings (SSSR count). The summed E-state index contributed by atoms with van der Waals surface area (Å²) in [7, 11) is 0. The SMILES string of the molecule is CC[C@H](C)[C@H](NC(C)=O)C(=O)NCC(=O)N1CCC[C@H]1C(=O)N[C@H](C=O)CC(=O)O. The highest BCUT2D eigenvalue weighted by Gasteiger charge is 2.35. The number of aliphatic carboxylic acids is 1. The first kappa shape index (κ1) is 25.1.